The number of hydrogen-bond donors (Lipinski definition) is 1. The lowest BCUT2D eigenvalue weighted by Crippen LogP contribution is -2.35. The Morgan fingerprint density at radius 2 is 2.33 bits per heavy atom. The average Bonchev–Trinajstić information content (AvgIpc) is 3.07. The highest BCUT2D eigenvalue weighted by molar-refractivity contribution is 7.10. The van der Waals surface area contributed by atoms with Gasteiger partial charge in [0.25, 0.3) is 0 Å². The minimum atomic E-state index is -0.0354. The molecule has 0 aliphatic carbocycles. The first-order valence-electron chi connectivity index (χ1n) is 7.76. The van der Waals surface area contributed by atoms with E-state index in [-0.39, 0.29) is 18.1 Å². The molecule has 4 nitrogen and oxygen atoms in total. The maximum absolute atomic E-state index is 12.7. The van der Waals surface area contributed by atoms with Crippen molar-refractivity contribution in [3.63, 3.8) is 0 Å². The maximum atomic E-state index is 12.7. The SMILES string of the molecule is CCCCC1NC(c2cccs2)N(CC(C)COC)C1=O. The number of carbonyl (C=O) groups excluding carboxylic acids is 1. The summed E-state index contributed by atoms with van der Waals surface area (Å²) in [5.74, 6) is 0.581. The molecule has 3 unspecified atom stereocenters. The lowest BCUT2D eigenvalue weighted by molar-refractivity contribution is -0.131. The Morgan fingerprint density at radius 3 is 2.95 bits per heavy atom. The van der Waals surface area contributed by atoms with Gasteiger partial charge in [-0.05, 0) is 23.8 Å². The molecule has 2 rings (SSSR count). The molecule has 1 saturated heterocycles. The second-order valence-electron chi connectivity index (χ2n) is 5.83. The molecule has 21 heavy (non-hydrogen) atoms. The second-order valence-corrected chi connectivity index (χ2v) is 6.81. The summed E-state index contributed by atoms with van der Waals surface area (Å²) in [5.41, 5.74) is 0. The number of ether oxygens (including phenoxy) is 1. The smallest absolute Gasteiger partial charge is 0.241 e. The number of carbonyl (C=O) groups is 1. The van der Waals surface area contributed by atoms with E-state index >= 15 is 0 Å². The van der Waals surface area contributed by atoms with Gasteiger partial charge in [-0.2, -0.15) is 0 Å². The van der Waals surface area contributed by atoms with E-state index in [1.165, 1.54) is 4.88 Å². The predicted molar refractivity (Wildman–Crippen MR) is 86.3 cm³/mol. The Hall–Kier alpha value is -0.910. The Kier molecular flexibility index (Phi) is 6.21. The summed E-state index contributed by atoms with van der Waals surface area (Å²) in [6.07, 6.45) is 3.16. The Balaban J connectivity index is 2.10. The quantitative estimate of drug-likeness (QED) is 0.802. The van der Waals surface area contributed by atoms with Gasteiger partial charge >= 0.3 is 0 Å². The van der Waals surface area contributed by atoms with Gasteiger partial charge in [0.15, 0.2) is 0 Å². The van der Waals surface area contributed by atoms with Crippen LogP contribution in [0.5, 0.6) is 0 Å². The van der Waals surface area contributed by atoms with Crippen molar-refractivity contribution in [2.45, 2.75) is 45.3 Å². The van der Waals surface area contributed by atoms with E-state index in [9.17, 15) is 4.79 Å². The standard InChI is InChI=1S/C16H26N2O2S/c1-4-5-7-13-16(19)18(10-12(2)11-20-3)15(17-13)14-8-6-9-21-14/h6,8-9,12-13,15,17H,4-5,7,10-11H2,1-3H3. The Morgan fingerprint density at radius 1 is 1.52 bits per heavy atom. The number of methoxy groups -OCH3 is 1. The number of thiophene rings is 1. The van der Waals surface area contributed by atoms with Crippen LogP contribution >= 0.6 is 11.3 Å². The van der Waals surface area contributed by atoms with Crippen molar-refractivity contribution >= 4 is 17.2 Å². The third-order valence-corrected chi connectivity index (χ3v) is 4.80. The molecule has 0 aromatic carbocycles. The molecule has 3 atom stereocenters. The zero-order valence-corrected chi connectivity index (χ0v) is 14.0. The average molecular weight is 310 g/mol. The molecule has 5 heteroatoms. The van der Waals surface area contributed by atoms with Gasteiger partial charge in [0, 0.05) is 18.5 Å². The van der Waals surface area contributed by atoms with Gasteiger partial charge < -0.3 is 9.64 Å². The maximum Gasteiger partial charge on any atom is 0.241 e. The van der Waals surface area contributed by atoms with E-state index < -0.39 is 0 Å². The molecule has 0 bridgehead atoms. The summed E-state index contributed by atoms with van der Waals surface area (Å²) in [5, 5.41) is 5.59. The number of amides is 1. The molecule has 1 aromatic heterocycles. The Labute approximate surface area is 131 Å². The molecule has 1 N–H and O–H groups in total. The number of nitrogens with one attached hydrogen (secondary N) is 1. The van der Waals surface area contributed by atoms with E-state index in [1.807, 2.05) is 11.0 Å². The van der Waals surface area contributed by atoms with Crippen LogP contribution in [0.25, 0.3) is 0 Å². The van der Waals surface area contributed by atoms with Gasteiger partial charge in [0.05, 0.1) is 12.6 Å². The molecule has 1 aliphatic heterocycles. The van der Waals surface area contributed by atoms with E-state index in [1.54, 1.807) is 18.4 Å². The molecule has 118 valence electrons. The molecule has 2 heterocycles. The molecular formula is C16H26N2O2S. The van der Waals surface area contributed by atoms with E-state index in [0.717, 1.165) is 25.8 Å². The van der Waals surface area contributed by atoms with Crippen molar-refractivity contribution in [1.82, 2.24) is 10.2 Å². The molecule has 1 aromatic rings. The van der Waals surface area contributed by atoms with Crippen molar-refractivity contribution in [2.75, 3.05) is 20.3 Å². The van der Waals surface area contributed by atoms with Crippen LogP contribution in [0.3, 0.4) is 0 Å². The minimum absolute atomic E-state index is 0.0265. The minimum Gasteiger partial charge on any atom is -0.384 e. The van der Waals surface area contributed by atoms with Gasteiger partial charge in [0.2, 0.25) is 5.91 Å². The zero-order chi connectivity index (χ0) is 15.2. The van der Waals surface area contributed by atoms with Crippen LogP contribution in [-0.2, 0) is 9.53 Å². The highest BCUT2D eigenvalue weighted by atomic mass is 32.1. The summed E-state index contributed by atoms with van der Waals surface area (Å²) in [6.45, 7) is 5.71. The number of unbranched alkanes of at least 4 members (excludes halogenated alkanes) is 1. The predicted octanol–water partition coefficient (Wildman–Crippen LogP) is 3.02. The normalized spacial score (nSPS) is 23.8. The number of nitrogens with zero attached hydrogens (tertiary/aromatic N) is 1. The monoisotopic (exact) mass is 310 g/mol. The second kappa shape index (κ2) is 7.92. The van der Waals surface area contributed by atoms with Crippen molar-refractivity contribution in [2.24, 2.45) is 5.92 Å². The summed E-state index contributed by atoms with van der Waals surface area (Å²) in [7, 11) is 1.71. The first-order chi connectivity index (χ1) is 10.2. The zero-order valence-electron chi connectivity index (χ0n) is 13.2. The van der Waals surface area contributed by atoms with Crippen LogP contribution in [-0.4, -0.2) is 37.1 Å². The fraction of sp³-hybridized carbons (Fsp3) is 0.688. The van der Waals surface area contributed by atoms with Gasteiger partial charge in [-0.1, -0.05) is 32.8 Å². The van der Waals surface area contributed by atoms with Crippen molar-refractivity contribution < 1.29 is 9.53 Å². The van der Waals surface area contributed by atoms with Crippen molar-refractivity contribution in [1.29, 1.82) is 0 Å². The molecule has 1 aliphatic rings. The molecule has 1 amide bonds. The van der Waals surface area contributed by atoms with Crippen LogP contribution in [0.2, 0.25) is 0 Å². The van der Waals surface area contributed by atoms with E-state index in [2.05, 4.69) is 30.6 Å². The number of rotatable bonds is 8. The first kappa shape index (κ1) is 16.5. The topological polar surface area (TPSA) is 41.6 Å². The third-order valence-electron chi connectivity index (χ3n) is 3.87. The number of hydrogen-bond acceptors (Lipinski definition) is 4. The summed E-state index contributed by atoms with van der Waals surface area (Å²) in [6, 6.07) is 4.11. The molecular weight excluding hydrogens is 284 g/mol. The highest BCUT2D eigenvalue weighted by Gasteiger charge is 2.39. The van der Waals surface area contributed by atoms with Gasteiger partial charge in [-0.15, -0.1) is 11.3 Å². The van der Waals surface area contributed by atoms with Gasteiger partial charge in [-0.3, -0.25) is 10.1 Å². The van der Waals surface area contributed by atoms with Crippen LogP contribution in [0.15, 0.2) is 17.5 Å². The molecule has 0 saturated carbocycles. The summed E-state index contributed by atoms with van der Waals surface area (Å²) < 4.78 is 5.21. The van der Waals surface area contributed by atoms with Gasteiger partial charge in [-0.25, -0.2) is 0 Å². The van der Waals surface area contributed by atoms with Crippen LogP contribution < -0.4 is 5.32 Å². The Bertz CT molecular complexity index is 435. The van der Waals surface area contributed by atoms with Crippen LogP contribution in [0.4, 0.5) is 0 Å². The molecule has 0 radical (unpaired) electrons. The molecule has 1 fully saturated rings. The van der Waals surface area contributed by atoms with Crippen molar-refractivity contribution in [3.8, 4) is 0 Å². The van der Waals surface area contributed by atoms with E-state index in [0.29, 0.717) is 12.5 Å². The summed E-state index contributed by atoms with van der Waals surface area (Å²) in [4.78, 5) is 15.9. The highest BCUT2D eigenvalue weighted by Crippen LogP contribution is 2.30. The lowest BCUT2D eigenvalue weighted by atomic mass is 10.1. The van der Waals surface area contributed by atoms with Gasteiger partial charge in [0.1, 0.15) is 6.17 Å². The van der Waals surface area contributed by atoms with Crippen molar-refractivity contribution in [3.05, 3.63) is 22.4 Å². The van der Waals surface area contributed by atoms with E-state index in [4.69, 9.17) is 4.74 Å². The summed E-state index contributed by atoms with van der Waals surface area (Å²) >= 11 is 1.70. The first-order valence-corrected chi connectivity index (χ1v) is 8.64. The third kappa shape index (κ3) is 4.05. The fourth-order valence-electron chi connectivity index (χ4n) is 2.85. The molecule has 0 spiro atoms. The van der Waals surface area contributed by atoms with Crippen LogP contribution in [0.1, 0.15) is 44.2 Å². The largest absolute Gasteiger partial charge is 0.384 e. The fourth-order valence-corrected chi connectivity index (χ4v) is 3.64. The van der Waals surface area contributed by atoms with Crippen LogP contribution in [0, 0.1) is 5.92 Å². The lowest BCUT2D eigenvalue weighted by Gasteiger charge is -2.26.